The third kappa shape index (κ3) is 1.49. The van der Waals surface area contributed by atoms with Crippen molar-refractivity contribution in [2.24, 2.45) is 5.73 Å². The summed E-state index contributed by atoms with van der Waals surface area (Å²) in [5.41, 5.74) is 7.26. The molecule has 2 N–H and O–H groups in total. The van der Waals surface area contributed by atoms with Crippen LogP contribution in [0.4, 0.5) is 0 Å². The standard InChI is InChI=1S/C11H16N2O/c1-13-7-11(12,8-13)9-3-5-10(14-2)6-4-9/h3-6H,7-8,12H2,1-2H3. The second kappa shape index (κ2) is 3.26. The highest BCUT2D eigenvalue weighted by Crippen LogP contribution is 2.28. The highest BCUT2D eigenvalue weighted by atomic mass is 16.5. The number of likely N-dealkylation sites (N-methyl/N-ethyl adjacent to an activating group) is 1. The van der Waals surface area contributed by atoms with E-state index in [1.165, 1.54) is 5.56 Å². The van der Waals surface area contributed by atoms with Crippen LogP contribution >= 0.6 is 0 Å². The average Bonchev–Trinajstić information content (AvgIpc) is 2.16. The van der Waals surface area contributed by atoms with Crippen LogP contribution in [0, 0.1) is 0 Å². The maximum absolute atomic E-state index is 6.22. The van der Waals surface area contributed by atoms with E-state index in [0.29, 0.717) is 0 Å². The summed E-state index contributed by atoms with van der Waals surface area (Å²) in [6.45, 7) is 1.86. The zero-order valence-corrected chi connectivity index (χ0v) is 8.66. The lowest BCUT2D eigenvalue weighted by Crippen LogP contribution is -2.63. The lowest BCUT2D eigenvalue weighted by molar-refractivity contribution is 0.0987. The maximum Gasteiger partial charge on any atom is 0.118 e. The van der Waals surface area contributed by atoms with Crippen molar-refractivity contribution in [3.63, 3.8) is 0 Å². The van der Waals surface area contributed by atoms with Gasteiger partial charge in [-0.05, 0) is 24.7 Å². The largest absolute Gasteiger partial charge is 0.497 e. The molecule has 0 aromatic heterocycles. The number of ether oxygens (including phenoxy) is 1. The van der Waals surface area contributed by atoms with Gasteiger partial charge in [0, 0.05) is 13.1 Å². The van der Waals surface area contributed by atoms with Gasteiger partial charge in [-0.25, -0.2) is 0 Å². The van der Waals surface area contributed by atoms with Crippen LogP contribution < -0.4 is 10.5 Å². The highest BCUT2D eigenvalue weighted by molar-refractivity contribution is 5.33. The minimum absolute atomic E-state index is 0.152. The van der Waals surface area contributed by atoms with E-state index in [2.05, 4.69) is 11.9 Å². The first-order valence-corrected chi connectivity index (χ1v) is 4.76. The maximum atomic E-state index is 6.22. The fourth-order valence-corrected chi connectivity index (χ4v) is 2.02. The molecule has 1 fully saturated rings. The number of benzene rings is 1. The van der Waals surface area contributed by atoms with Gasteiger partial charge < -0.3 is 15.4 Å². The van der Waals surface area contributed by atoms with Gasteiger partial charge in [0.05, 0.1) is 12.6 Å². The first kappa shape index (κ1) is 9.49. The van der Waals surface area contributed by atoms with E-state index in [1.54, 1.807) is 7.11 Å². The number of hydrogen-bond acceptors (Lipinski definition) is 3. The molecule has 0 bridgehead atoms. The van der Waals surface area contributed by atoms with Crippen molar-refractivity contribution in [2.45, 2.75) is 5.54 Å². The molecule has 0 unspecified atom stereocenters. The quantitative estimate of drug-likeness (QED) is 0.753. The van der Waals surface area contributed by atoms with Gasteiger partial charge in [0.2, 0.25) is 0 Å². The average molecular weight is 192 g/mol. The van der Waals surface area contributed by atoms with Crippen LogP contribution in [0.2, 0.25) is 0 Å². The monoisotopic (exact) mass is 192 g/mol. The Morgan fingerprint density at radius 3 is 2.29 bits per heavy atom. The minimum atomic E-state index is -0.152. The van der Waals surface area contributed by atoms with E-state index in [4.69, 9.17) is 10.5 Å². The molecule has 14 heavy (non-hydrogen) atoms. The number of rotatable bonds is 2. The molecule has 0 spiro atoms. The molecule has 3 heteroatoms. The zero-order valence-electron chi connectivity index (χ0n) is 8.66. The topological polar surface area (TPSA) is 38.5 Å². The summed E-state index contributed by atoms with van der Waals surface area (Å²) in [5.74, 6) is 0.880. The van der Waals surface area contributed by atoms with Crippen LogP contribution in [-0.2, 0) is 5.54 Å². The van der Waals surface area contributed by atoms with E-state index in [1.807, 2.05) is 24.3 Å². The number of nitrogens with two attached hydrogens (primary N) is 1. The first-order chi connectivity index (χ1) is 6.64. The van der Waals surface area contributed by atoms with Crippen molar-refractivity contribution in [3.05, 3.63) is 29.8 Å². The summed E-state index contributed by atoms with van der Waals surface area (Å²) in [7, 11) is 3.75. The smallest absolute Gasteiger partial charge is 0.118 e. The van der Waals surface area contributed by atoms with E-state index in [-0.39, 0.29) is 5.54 Å². The Morgan fingerprint density at radius 1 is 1.29 bits per heavy atom. The molecule has 0 saturated carbocycles. The van der Waals surface area contributed by atoms with Crippen LogP contribution in [0.15, 0.2) is 24.3 Å². The van der Waals surface area contributed by atoms with Gasteiger partial charge in [0.25, 0.3) is 0 Å². The predicted octanol–water partition coefficient (Wildman–Crippen LogP) is 0.795. The molecule has 0 amide bonds. The van der Waals surface area contributed by atoms with E-state index in [0.717, 1.165) is 18.8 Å². The molecular weight excluding hydrogens is 176 g/mol. The van der Waals surface area contributed by atoms with Crippen molar-refractivity contribution in [3.8, 4) is 5.75 Å². The fraction of sp³-hybridized carbons (Fsp3) is 0.455. The zero-order chi connectivity index (χ0) is 10.2. The summed E-state index contributed by atoms with van der Waals surface area (Å²) in [6.07, 6.45) is 0. The van der Waals surface area contributed by atoms with Crippen LogP contribution in [0.5, 0.6) is 5.75 Å². The Hall–Kier alpha value is -1.06. The number of hydrogen-bond donors (Lipinski definition) is 1. The van der Waals surface area contributed by atoms with Gasteiger partial charge in [-0.2, -0.15) is 0 Å². The van der Waals surface area contributed by atoms with Crippen molar-refractivity contribution in [1.29, 1.82) is 0 Å². The SMILES string of the molecule is COc1ccc(C2(N)CN(C)C2)cc1. The van der Waals surface area contributed by atoms with E-state index >= 15 is 0 Å². The molecule has 2 rings (SSSR count). The summed E-state index contributed by atoms with van der Waals surface area (Å²) in [5, 5.41) is 0. The molecule has 0 atom stereocenters. The Kier molecular flexibility index (Phi) is 2.21. The Bertz CT molecular complexity index is 315. The van der Waals surface area contributed by atoms with Gasteiger partial charge >= 0.3 is 0 Å². The van der Waals surface area contributed by atoms with Crippen molar-refractivity contribution in [2.75, 3.05) is 27.2 Å². The number of methoxy groups -OCH3 is 1. The minimum Gasteiger partial charge on any atom is -0.497 e. The van der Waals surface area contributed by atoms with Gasteiger partial charge in [-0.15, -0.1) is 0 Å². The van der Waals surface area contributed by atoms with Crippen molar-refractivity contribution < 1.29 is 4.74 Å². The predicted molar refractivity (Wildman–Crippen MR) is 56.4 cm³/mol. The molecule has 1 heterocycles. The summed E-state index contributed by atoms with van der Waals surface area (Å²) in [4.78, 5) is 2.21. The van der Waals surface area contributed by atoms with Crippen LogP contribution in [0.25, 0.3) is 0 Å². The summed E-state index contributed by atoms with van der Waals surface area (Å²) >= 11 is 0. The lowest BCUT2D eigenvalue weighted by atomic mass is 9.84. The molecule has 0 radical (unpaired) electrons. The first-order valence-electron chi connectivity index (χ1n) is 4.76. The van der Waals surface area contributed by atoms with Gasteiger partial charge in [0.15, 0.2) is 0 Å². The third-order valence-corrected chi connectivity index (χ3v) is 2.77. The van der Waals surface area contributed by atoms with Gasteiger partial charge in [-0.1, -0.05) is 12.1 Å². The highest BCUT2D eigenvalue weighted by Gasteiger charge is 2.38. The number of likely N-dealkylation sites (tertiary alicyclic amines) is 1. The Morgan fingerprint density at radius 2 is 1.86 bits per heavy atom. The summed E-state index contributed by atoms with van der Waals surface area (Å²) in [6, 6.07) is 8.02. The van der Waals surface area contributed by atoms with Crippen molar-refractivity contribution in [1.82, 2.24) is 4.90 Å². The van der Waals surface area contributed by atoms with Crippen LogP contribution in [-0.4, -0.2) is 32.1 Å². The fourth-order valence-electron chi connectivity index (χ4n) is 2.02. The van der Waals surface area contributed by atoms with E-state index < -0.39 is 0 Å². The Balaban J connectivity index is 2.17. The molecule has 1 aromatic rings. The molecular formula is C11H16N2O. The molecule has 1 saturated heterocycles. The third-order valence-electron chi connectivity index (χ3n) is 2.77. The molecule has 3 nitrogen and oxygen atoms in total. The molecule has 0 aliphatic carbocycles. The van der Waals surface area contributed by atoms with E-state index in [9.17, 15) is 0 Å². The summed E-state index contributed by atoms with van der Waals surface area (Å²) < 4.78 is 5.10. The molecule has 76 valence electrons. The number of nitrogens with zero attached hydrogens (tertiary/aromatic N) is 1. The van der Waals surface area contributed by atoms with Crippen molar-refractivity contribution >= 4 is 0 Å². The normalized spacial score (nSPS) is 20.2. The lowest BCUT2D eigenvalue weighted by Gasteiger charge is -2.46. The molecule has 1 aromatic carbocycles. The second-order valence-corrected chi connectivity index (χ2v) is 4.06. The van der Waals surface area contributed by atoms with Crippen LogP contribution in [0.1, 0.15) is 5.56 Å². The second-order valence-electron chi connectivity index (χ2n) is 4.06. The van der Waals surface area contributed by atoms with Gasteiger partial charge in [-0.3, -0.25) is 0 Å². The van der Waals surface area contributed by atoms with Crippen LogP contribution in [0.3, 0.4) is 0 Å². The molecule has 1 aliphatic rings. The van der Waals surface area contributed by atoms with Gasteiger partial charge in [0.1, 0.15) is 5.75 Å². The molecule has 1 aliphatic heterocycles. The Labute approximate surface area is 84.5 Å².